The van der Waals surface area contributed by atoms with Crippen LogP contribution in [-0.2, 0) is 36.5 Å². The number of fused-ring (bicyclic) bond motifs is 11. The van der Waals surface area contributed by atoms with Gasteiger partial charge in [-0.2, -0.15) is 0 Å². The Hall–Kier alpha value is -10.5. The van der Waals surface area contributed by atoms with E-state index in [0.717, 1.165) is 29.2 Å². The van der Waals surface area contributed by atoms with Crippen molar-refractivity contribution in [2.45, 2.75) is 207 Å². The minimum absolute atomic E-state index is 0. The van der Waals surface area contributed by atoms with Gasteiger partial charge >= 0.3 is 0 Å². The third-order valence-corrected chi connectivity index (χ3v) is 26.2. The molecule has 0 saturated heterocycles. The third kappa shape index (κ3) is 14.3. The van der Waals surface area contributed by atoms with Crippen LogP contribution in [0.2, 0.25) is 0 Å². The lowest BCUT2D eigenvalue weighted by atomic mass is 9.65. The Morgan fingerprint density at radius 2 is 0.750 bits per heavy atom. The molecule has 2 atom stereocenters. The van der Waals surface area contributed by atoms with Gasteiger partial charge in [-0.05, 0) is 258 Å². The van der Waals surface area contributed by atoms with Crippen molar-refractivity contribution in [2.75, 3.05) is 4.90 Å². The predicted molar refractivity (Wildman–Crippen MR) is 483 cm³/mol. The smallest absolute Gasteiger partial charge is 0.0713 e. The SMILES string of the molecule is C.C.CCC(C)c1ccc(-c2ccc(N(c3ccccc3)c3ccc4c(c3)c3ccccc3n4-c3ccc(-c4ccccc4)cc3)cc2)cc1.CCCCCCCCC1(CCCCCCCC)c2cc(-c3ccc4c(c3)C(c3ccc5c(c3)CC5)(c3ccc5c(c3)CC5)c3ccccc3-4)ccc2-c2ccc(C(C)CC)cc21. The summed E-state index contributed by atoms with van der Waals surface area (Å²) in [6.45, 7) is 14.0. The van der Waals surface area contributed by atoms with Gasteiger partial charge in [0.2, 0.25) is 0 Å². The van der Waals surface area contributed by atoms with Gasteiger partial charge in [-0.15, -0.1) is 0 Å². The Kier molecular flexibility index (Phi) is 23.2. The average Bonchev–Trinajstić information content (AvgIpc) is 1.51. The molecule has 1 heterocycles. The Bertz CT molecular complexity index is 5500. The zero-order valence-electron chi connectivity index (χ0n) is 65.9. The molecule has 0 fully saturated rings. The van der Waals surface area contributed by atoms with Crippen LogP contribution in [0.4, 0.5) is 17.1 Å². The molecule has 0 radical (unpaired) electrons. The second-order valence-electron chi connectivity index (χ2n) is 32.6. The maximum atomic E-state index is 2.69. The zero-order chi connectivity index (χ0) is 74.7. The average molecular weight is 1470 g/mol. The van der Waals surface area contributed by atoms with Crippen molar-refractivity contribution in [3.8, 4) is 61.3 Å². The van der Waals surface area contributed by atoms with E-state index in [0.29, 0.717) is 11.8 Å². The third-order valence-electron chi connectivity index (χ3n) is 26.2. The van der Waals surface area contributed by atoms with E-state index in [-0.39, 0.29) is 25.7 Å². The highest BCUT2D eigenvalue weighted by Gasteiger charge is 2.48. The molecule has 2 heteroatoms. The van der Waals surface area contributed by atoms with E-state index < -0.39 is 0 Å². The Morgan fingerprint density at radius 3 is 1.34 bits per heavy atom. The van der Waals surface area contributed by atoms with Gasteiger partial charge < -0.3 is 9.47 Å². The second-order valence-corrected chi connectivity index (χ2v) is 32.6. The molecule has 1 aromatic heterocycles. The van der Waals surface area contributed by atoms with Gasteiger partial charge in [-0.25, -0.2) is 0 Å². The number of anilines is 3. The first kappa shape index (κ1) is 76.8. The Labute approximate surface area is 670 Å². The van der Waals surface area contributed by atoms with Gasteiger partial charge in [0.25, 0.3) is 0 Å². The molecule has 0 saturated carbocycles. The molecule has 0 spiro atoms. The highest BCUT2D eigenvalue weighted by molar-refractivity contribution is 6.11. The van der Waals surface area contributed by atoms with Gasteiger partial charge in [0.05, 0.1) is 16.4 Å². The monoisotopic (exact) mass is 1460 g/mol. The second kappa shape index (κ2) is 33.8. The number of hydrogen-bond donors (Lipinski definition) is 0. The van der Waals surface area contributed by atoms with Crippen LogP contribution < -0.4 is 4.90 Å². The lowest BCUT2D eigenvalue weighted by molar-refractivity contribution is 0.397. The largest absolute Gasteiger partial charge is 0.310 e. The van der Waals surface area contributed by atoms with Gasteiger partial charge in [0.1, 0.15) is 0 Å². The van der Waals surface area contributed by atoms with Gasteiger partial charge in [0, 0.05) is 38.9 Å². The fraction of sp³-hybridized carbons (Fsp3) is 0.291. The molecule has 112 heavy (non-hydrogen) atoms. The Morgan fingerprint density at radius 1 is 0.312 bits per heavy atom. The first-order chi connectivity index (χ1) is 54.2. The zero-order valence-corrected chi connectivity index (χ0v) is 65.9. The van der Waals surface area contributed by atoms with E-state index in [4.69, 9.17) is 0 Å². The van der Waals surface area contributed by atoms with Crippen LogP contribution in [0, 0.1) is 0 Å². The van der Waals surface area contributed by atoms with Crippen LogP contribution in [0.5, 0.6) is 0 Å². The number of aryl methyl sites for hydroxylation is 4. The summed E-state index contributed by atoms with van der Waals surface area (Å²) in [5.41, 5.74) is 38.0. The number of benzene rings is 13. The van der Waals surface area contributed by atoms with Crippen LogP contribution in [-0.4, -0.2) is 4.57 Å². The number of aromatic nitrogens is 1. The standard InChI is InChI=1S/C62H70.C46H38N2.2CH4/c1-5-8-10-12-14-18-36-61(37-19-15-13-11-9-6-2)58-40-46(43(4)7-3)28-33-54(58)55-34-29-49(41-59(55)61)50-30-35-56-53-20-16-17-21-57(53)62(60(56)42-50,51-31-26-44-22-24-47(44)38-51)52-32-27-45-23-25-48(45)39-52;1-3-33(2)34-18-20-36(21-19-34)38-22-26-40(27-23-38)47(39-14-8-5-9-15-39)42-30-31-46-44(32-42)43-16-10-11-17-45(43)48(46)41-28-24-37(25-29-41)35-12-6-4-7-13-35;;/h16-17,20-21,26-35,38-43H,5-15,18-19,22-25,36-37H2,1-4H3;4-33H,3H2,1-2H3;2*1H4. The van der Waals surface area contributed by atoms with E-state index in [2.05, 4.69) is 342 Å². The Balaban J connectivity index is 0.000000180. The number of unbranched alkanes of at least 4 members (excludes halogenated alkanes) is 10. The van der Waals surface area contributed by atoms with E-state index in [1.54, 1.807) is 11.1 Å². The maximum Gasteiger partial charge on any atom is 0.0713 e. The predicted octanol–water partition coefficient (Wildman–Crippen LogP) is 31.6. The highest BCUT2D eigenvalue weighted by Crippen LogP contribution is 2.60. The summed E-state index contributed by atoms with van der Waals surface area (Å²) in [5.74, 6) is 1.14. The minimum atomic E-state index is -0.365. The van der Waals surface area contributed by atoms with E-state index in [1.807, 2.05) is 0 Å². The molecular weight excluding hydrogens is 1350 g/mol. The quantitative estimate of drug-likeness (QED) is 0.0466. The van der Waals surface area contributed by atoms with Crippen molar-refractivity contribution in [2.24, 2.45) is 0 Å². The van der Waals surface area contributed by atoms with Crippen molar-refractivity contribution < 1.29 is 0 Å². The molecule has 0 bridgehead atoms. The minimum Gasteiger partial charge on any atom is -0.310 e. The molecular formula is C110H116N2. The van der Waals surface area contributed by atoms with E-state index in [1.165, 1.54) is 255 Å². The molecule has 13 aromatic carbocycles. The summed E-state index contributed by atoms with van der Waals surface area (Å²) < 4.78 is 2.39. The first-order valence-corrected chi connectivity index (χ1v) is 42.2. The van der Waals surface area contributed by atoms with Crippen molar-refractivity contribution >= 4 is 38.9 Å². The summed E-state index contributed by atoms with van der Waals surface area (Å²) in [7, 11) is 0. The fourth-order valence-corrected chi connectivity index (χ4v) is 19.3. The summed E-state index contributed by atoms with van der Waals surface area (Å²) in [4.78, 5) is 2.36. The van der Waals surface area contributed by atoms with E-state index in [9.17, 15) is 0 Å². The first-order valence-electron chi connectivity index (χ1n) is 42.2. The number of rotatable bonds is 27. The number of para-hydroxylation sites is 2. The fourth-order valence-electron chi connectivity index (χ4n) is 19.3. The number of nitrogens with zero attached hydrogens (tertiary/aromatic N) is 2. The van der Waals surface area contributed by atoms with Crippen molar-refractivity contribution in [3.63, 3.8) is 0 Å². The lowest BCUT2D eigenvalue weighted by Gasteiger charge is -2.37. The molecule has 14 aromatic rings. The normalized spacial score (nSPS) is 14.0. The van der Waals surface area contributed by atoms with Crippen molar-refractivity contribution in [1.29, 1.82) is 0 Å². The molecule has 566 valence electrons. The maximum absolute atomic E-state index is 2.69. The summed E-state index contributed by atoms with van der Waals surface area (Å²) in [6.07, 6.45) is 25.7. The van der Waals surface area contributed by atoms with E-state index >= 15 is 0 Å². The topological polar surface area (TPSA) is 8.17 Å². The van der Waals surface area contributed by atoms with Gasteiger partial charge in [-0.3, -0.25) is 0 Å². The van der Waals surface area contributed by atoms with Crippen molar-refractivity contribution in [1.82, 2.24) is 4.57 Å². The van der Waals surface area contributed by atoms with Crippen LogP contribution >= 0.6 is 0 Å². The van der Waals surface area contributed by atoms with Crippen LogP contribution in [0.3, 0.4) is 0 Å². The molecule has 18 rings (SSSR count). The van der Waals surface area contributed by atoms with Crippen LogP contribution in [0.15, 0.2) is 291 Å². The number of hydrogen-bond acceptors (Lipinski definition) is 1. The summed E-state index contributed by atoms with van der Waals surface area (Å²) >= 11 is 0. The van der Waals surface area contributed by atoms with Crippen LogP contribution in [0.25, 0.3) is 83.1 Å². The summed E-state index contributed by atoms with van der Waals surface area (Å²) in [5, 5.41) is 2.47. The molecule has 2 nitrogen and oxygen atoms in total. The lowest BCUT2D eigenvalue weighted by Crippen LogP contribution is -2.30. The van der Waals surface area contributed by atoms with Crippen molar-refractivity contribution in [3.05, 3.63) is 358 Å². The molecule has 0 N–H and O–H groups in total. The molecule has 4 aliphatic rings. The molecule has 0 aliphatic heterocycles. The molecule has 2 unspecified atom stereocenters. The van der Waals surface area contributed by atoms with Crippen LogP contribution in [0.1, 0.15) is 238 Å². The van der Waals surface area contributed by atoms with Gasteiger partial charge in [-0.1, -0.05) is 352 Å². The summed E-state index contributed by atoms with van der Waals surface area (Å²) in [6, 6.07) is 111. The molecule has 4 aliphatic carbocycles. The molecule has 0 amide bonds. The highest BCUT2D eigenvalue weighted by atomic mass is 15.1. The van der Waals surface area contributed by atoms with Gasteiger partial charge in [0.15, 0.2) is 0 Å².